The van der Waals surface area contributed by atoms with Gasteiger partial charge in [-0.05, 0) is 37.5 Å². The quantitative estimate of drug-likeness (QED) is 0.523. The Balaban J connectivity index is 5.86. The van der Waals surface area contributed by atoms with Crippen LogP contribution in [0.1, 0.15) is 34.6 Å². The summed E-state index contributed by atoms with van der Waals surface area (Å²) in [6.07, 6.45) is 0. The number of allylic oxidation sites excluding steroid dienone is 3. The van der Waals surface area contributed by atoms with Crippen LogP contribution in [-0.4, -0.2) is 17.3 Å². The summed E-state index contributed by atoms with van der Waals surface area (Å²) in [4.78, 5) is 36.5. The van der Waals surface area contributed by atoms with Crippen molar-refractivity contribution in [1.82, 2.24) is 0 Å². The molecule has 0 bridgehead atoms. The zero-order valence-electron chi connectivity index (χ0n) is 12.3. The molecule has 0 aromatic heterocycles. The lowest BCUT2D eigenvalue weighted by atomic mass is 9.68. The van der Waals surface area contributed by atoms with E-state index in [9.17, 15) is 14.4 Å². The van der Waals surface area contributed by atoms with Crippen molar-refractivity contribution in [2.45, 2.75) is 34.6 Å². The van der Waals surface area contributed by atoms with Gasteiger partial charge in [0.1, 0.15) is 5.92 Å². The highest BCUT2D eigenvalue weighted by Gasteiger charge is 2.46. The highest BCUT2D eigenvalue weighted by molar-refractivity contribution is 6.30. The summed E-state index contributed by atoms with van der Waals surface area (Å²) in [6.45, 7) is 18.3. The first-order valence-corrected chi connectivity index (χ1v) is 5.92. The first kappa shape index (κ1) is 17.2. The maximum Gasteiger partial charge on any atom is 0.174 e. The standard InChI is InChI=1S/C16H21O3/c1-9(2)13(17)12(14(18)10(3)4)16(7,8)15(19)11(5)6/h1,3,5H2,2,4,6-8H3. The Morgan fingerprint density at radius 2 is 1.05 bits per heavy atom. The van der Waals surface area contributed by atoms with Gasteiger partial charge in [0.05, 0.1) is 0 Å². The molecule has 3 heteroatoms. The third-order valence-electron chi connectivity index (χ3n) is 2.81. The van der Waals surface area contributed by atoms with Crippen molar-refractivity contribution in [2.75, 3.05) is 0 Å². The van der Waals surface area contributed by atoms with Crippen molar-refractivity contribution in [3.05, 3.63) is 42.4 Å². The molecule has 0 saturated carbocycles. The van der Waals surface area contributed by atoms with Gasteiger partial charge in [-0.1, -0.05) is 33.6 Å². The SMILES string of the molecule is C=C(C)C(=O)[C](C(=O)C(=C)C)C(C)(C)C(=O)C(=C)C. The van der Waals surface area contributed by atoms with Crippen LogP contribution in [0, 0.1) is 11.3 Å². The van der Waals surface area contributed by atoms with Crippen molar-refractivity contribution >= 4 is 17.3 Å². The van der Waals surface area contributed by atoms with E-state index in [0.717, 1.165) is 0 Å². The maximum atomic E-state index is 12.2. The number of hydrogen-bond acceptors (Lipinski definition) is 3. The fraction of sp³-hybridized carbons (Fsp3) is 0.375. The molecular formula is C16H21O3. The van der Waals surface area contributed by atoms with Gasteiger partial charge >= 0.3 is 0 Å². The summed E-state index contributed by atoms with van der Waals surface area (Å²) >= 11 is 0. The van der Waals surface area contributed by atoms with Gasteiger partial charge in [-0.2, -0.15) is 0 Å². The van der Waals surface area contributed by atoms with Crippen molar-refractivity contribution in [2.24, 2.45) is 5.41 Å². The second kappa shape index (κ2) is 5.91. The molecule has 0 saturated heterocycles. The number of hydrogen-bond donors (Lipinski definition) is 0. The molecular weight excluding hydrogens is 240 g/mol. The molecule has 0 atom stereocenters. The minimum Gasteiger partial charge on any atom is -0.294 e. The summed E-state index contributed by atoms with van der Waals surface area (Å²) < 4.78 is 0. The van der Waals surface area contributed by atoms with Crippen LogP contribution < -0.4 is 0 Å². The van der Waals surface area contributed by atoms with Gasteiger partial charge in [-0.15, -0.1) is 0 Å². The van der Waals surface area contributed by atoms with Gasteiger partial charge in [-0.25, -0.2) is 0 Å². The minimum atomic E-state index is -1.24. The van der Waals surface area contributed by atoms with Crippen molar-refractivity contribution < 1.29 is 14.4 Å². The molecule has 0 spiro atoms. The van der Waals surface area contributed by atoms with Crippen LogP contribution in [0.3, 0.4) is 0 Å². The molecule has 0 fully saturated rings. The Morgan fingerprint density at radius 3 is 1.26 bits per heavy atom. The molecule has 0 aromatic carbocycles. The second-order valence-electron chi connectivity index (χ2n) is 5.33. The monoisotopic (exact) mass is 261 g/mol. The molecule has 0 aliphatic carbocycles. The van der Waals surface area contributed by atoms with Gasteiger partial charge in [0.25, 0.3) is 0 Å². The topological polar surface area (TPSA) is 51.2 Å². The van der Waals surface area contributed by atoms with Crippen LogP contribution in [-0.2, 0) is 14.4 Å². The number of carbonyl (C=O) groups excluding carboxylic acids is 3. The summed E-state index contributed by atoms with van der Waals surface area (Å²) in [5, 5.41) is 0. The molecule has 0 aliphatic rings. The highest BCUT2D eigenvalue weighted by Crippen LogP contribution is 2.36. The molecule has 0 N–H and O–H groups in total. The van der Waals surface area contributed by atoms with Crippen LogP contribution in [0.15, 0.2) is 36.5 Å². The lowest BCUT2D eigenvalue weighted by molar-refractivity contribution is -0.130. The van der Waals surface area contributed by atoms with E-state index in [4.69, 9.17) is 0 Å². The highest BCUT2D eigenvalue weighted by atomic mass is 16.2. The summed E-state index contributed by atoms with van der Waals surface area (Å²) in [5.74, 6) is -1.45. The lowest BCUT2D eigenvalue weighted by Gasteiger charge is -2.30. The average molecular weight is 261 g/mol. The van der Waals surface area contributed by atoms with E-state index < -0.39 is 17.0 Å². The Labute approximate surface area is 115 Å². The number of Topliss-reactive ketones (excluding diaryl/α,β-unsaturated/α-hetero) is 3. The van der Waals surface area contributed by atoms with Crippen LogP contribution in [0.2, 0.25) is 0 Å². The van der Waals surface area contributed by atoms with Gasteiger partial charge < -0.3 is 0 Å². The van der Waals surface area contributed by atoms with E-state index in [1.165, 1.54) is 13.8 Å². The Kier molecular flexibility index (Phi) is 5.36. The first-order chi connectivity index (χ1) is 8.44. The second-order valence-corrected chi connectivity index (χ2v) is 5.33. The summed E-state index contributed by atoms with van der Waals surface area (Å²) in [7, 11) is 0. The minimum absolute atomic E-state index is 0.0968. The van der Waals surface area contributed by atoms with Gasteiger partial charge in [0, 0.05) is 5.41 Å². The molecule has 0 rings (SSSR count). The van der Waals surface area contributed by atoms with E-state index in [0.29, 0.717) is 5.57 Å². The normalized spacial score (nSPS) is 11.1. The van der Waals surface area contributed by atoms with Crippen molar-refractivity contribution in [3.63, 3.8) is 0 Å². The fourth-order valence-electron chi connectivity index (χ4n) is 1.74. The van der Waals surface area contributed by atoms with Gasteiger partial charge in [0.2, 0.25) is 0 Å². The van der Waals surface area contributed by atoms with E-state index in [1.807, 2.05) is 0 Å². The zero-order chi connectivity index (χ0) is 15.5. The number of rotatable bonds is 7. The van der Waals surface area contributed by atoms with E-state index in [1.54, 1.807) is 20.8 Å². The van der Waals surface area contributed by atoms with Crippen LogP contribution in [0.25, 0.3) is 0 Å². The van der Waals surface area contributed by atoms with Gasteiger partial charge in [0.15, 0.2) is 17.3 Å². The van der Waals surface area contributed by atoms with Gasteiger partial charge in [-0.3, -0.25) is 14.4 Å². The molecule has 3 nitrogen and oxygen atoms in total. The Hall–Kier alpha value is -1.77. The molecule has 0 heterocycles. The fourth-order valence-corrected chi connectivity index (χ4v) is 1.74. The van der Waals surface area contributed by atoms with Crippen LogP contribution in [0.5, 0.6) is 0 Å². The predicted octanol–water partition coefficient (Wildman–Crippen LogP) is 3.02. The summed E-state index contributed by atoms with van der Waals surface area (Å²) in [5.41, 5.74) is -0.510. The predicted molar refractivity (Wildman–Crippen MR) is 76.5 cm³/mol. The Morgan fingerprint density at radius 1 is 0.737 bits per heavy atom. The van der Waals surface area contributed by atoms with E-state index >= 15 is 0 Å². The molecule has 103 valence electrons. The molecule has 0 aromatic rings. The van der Waals surface area contributed by atoms with Crippen molar-refractivity contribution in [3.8, 4) is 0 Å². The lowest BCUT2D eigenvalue weighted by Crippen LogP contribution is -2.41. The smallest absolute Gasteiger partial charge is 0.174 e. The summed E-state index contributed by atoms with van der Waals surface area (Å²) in [6, 6.07) is 0. The van der Waals surface area contributed by atoms with E-state index in [-0.39, 0.29) is 22.8 Å². The first-order valence-electron chi connectivity index (χ1n) is 5.92. The number of ketones is 3. The largest absolute Gasteiger partial charge is 0.294 e. The molecule has 0 amide bonds. The average Bonchev–Trinajstić information content (AvgIpc) is 2.26. The van der Waals surface area contributed by atoms with Crippen LogP contribution >= 0.6 is 0 Å². The molecule has 19 heavy (non-hydrogen) atoms. The van der Waals surface area contributed by atoms with Crippen molar-refractivity contribution in [1.29, 1.82) is 0 Å². The maximum absolute atomic E-state index is 12.2. The van der Waals surface area contributed by atoms with Crippen LogP contribution in [0.4, 0.5) is 0 Å². The third kappa shape index (κ3) is 3.60. The molecule has 0 aliphatic heterocycles. The zero-order valence-corrected chi connectivity index (χ0v) is 12.3. The molecule has 0 unspecified atom stereocenters. The Bertz CT molecular complexity index is 452. The third-order valence-corrected chi connectivity index (χ3v) is 2.81. The number of carbonyl (C=O) groups is 3. The molecule has 1 radical (unpaired) electrons. The van der Waals surface area contributed by atoms with E-state index in [2.05, 4.69) is 19.7 Å².